The lowest BCUT2D eigenvalue weighted by atomic mass is 9.88. The van der Waals surface area contributed by atoms with E-state index in [4.69, 9.17) is 4.74 Å². The molecule has 1 aliphatic rings. The fourth-order valence-electron chi connectivity index (χ4n) is 4.09. The fraction of sp³-hybridized carbons (Fsp3) is 0.478. The molecule has 3 unspecified atom stereocenters. The van der Waals surface area contributed by atoms with Crippen LogP contribution >= 0.6 is 0 Å². The second kappa shape index (κ2) is 9.68. The van der Waals surface area contributed by atoms with Gasteiger partial charge in [-0.3, -0.25) is 9.78 Å². The van der Waals surface area contributed by atoms with Gasteiger partial charge in [-0.25, -0.2) is 0 Å². The number of aromatic nitrogens is 1. The summed E-state index contributed by atoms with van der Waals surface area (Å²) in [5.41, 5.74) is 0.650. The summed E-state index contributed by atoms with van der Waals surface area (Å²) in [4.78, 5) is 19.0. The van der Waals surface area contributed by atoms with E-state index in [0.717, 1.165) is 24.6 Å². The standard InChI is InChI=1S/C23H28F3N3O2/c1-4-10-29-13-19(17-8-9-21(27-12-17)23(24,25)26)20(14-29)22(30)28-15(2)16-6-5-7-18(11-16)31-3/h5-9,11-12,15,19-20H,4,10,13-14H2,1-3H3,(H,28,30). The summed E-state index contributed by atoms with van der Waals surface area (Å²) < 4.78 is 43.9. The molecule has 1 amide bonds. The minimum atomic E-state index is -4.48. The first-order valence-electron chi connectivity index (χ1n) is 10.4. The summed E-state index contributed by atoms with van der Waals surface area (Å²) in [6.07, 6.45) is -2.29. The molecule has 1 aromatic carbocycles. The van der Waals surface area contributed by atoms with Gasteiger partial charge in [0.1, 0.15) is 11.4 Å². The Kier molecular flexibility index (Phi) is 7.20. The third-order valence-corrected chi connectivity index (χ3v) is 5.73. The normalized spacial score (nSPS) is 20.5. The molecule has 0 spiro atoms. The van der Waals surface area contributed by atoms with E-state index in [-0.39, 0.29) is 23.8 Å². The highest BCUT2D eigenvalue weighted by atomic mass is 19.4. The minimum Gasteiger partial charge on any atom is -0.497 e. The zero-order valence-electron chi connectivity index (χ0n) is 17.9. The van der Waals surface area contributed by atoms with E-state index in [1.807, 2.05) is 31.2 Å². The van der Waals surface area contributed by atoms with E-state index in [1.54, 1.807) is 7.11 Å². The Labute approximate surface area is 180 Å². The second-order valence-corrected chi connectivity index (χ2v) is 7.95. The molecule has 1 N–H and O–H groups in total. The Hall–Kier alpha value is -2.61. The van der Waals surface area contributed by atoms with Crippen LogP contribution in [-0.2, 0) is 11.0 Å². The number of hydrogen-bond donors (Lipinski definition) is 1. The van der Waals surface area contributed by atoms with E-state index in [9.17, 15) is 18.0 Å². The predicted molar refractivity (Wildman–Crippen MR) is 112 cm³/mol. The van der Waals surface area contributed by atoms with Gasteiger partial charge in [0.05, 0.1) is 19.1 Å². The van der Waals surface area contributed by atoms with Crippen molar-refractivity contribution in [3.8, 4) is 5.75 Å². The van der Waals surface area contributed by atoms with E-state index in [1.165, 1.54) is 12.3 Å². The molecule has 2 heterocycles. The van der Waals surface area contributed by atoms with E-state index < -0.39 is 11.9 Å². The third kappa shape index (κ3) is 5.55. The molecular formula is C23H28F3N3O2. The number of likely N-dealkylation sites (tertiary alicyclic amines) is 1. The Morgan fingerprint density at radius 3 is 2.68 bits per heavy atom. The number of carbonyl (C=O) groups excluding carboxylic acids is 1. The number of rotatable bonds is 7. The number of halogens is 3. The number of alkyl halides is 3. The molecule has 3 atom stereocenters. The van der Waals surface area contributed by atoms with E-state index in [0.29, 0.717) is 24.4 Å². The second-order valence-electron chi connectivity index (χ2n) is 7.95. The number of nitrogens with zero attached hydrogens (tertiary/aromatic N) is 2. The van der Waals surface area contributed by atoms with Crippen molar-refractivity contribution in [2.24, 2.45) is 5.92 Å². The van der Waals surface area contributed by atoms with Gasteiger partial charge >= 0.3 is 6.18 Å². The summed E-state index contributed by atoms with van der Waals surface area (Å²) >= 11 is 0. The number of methoxy groups -OCH3 is 1. The largest absolute Gasteiger partial charge is 0.497 e. The highest BCUT2D eigenvalue weighted by molar-refractivity contribution is 5.81. The molecule has 8 heteroatoms. The Morgan fingerprint density at radius 2 is 2.06 bits per heavy atom. The summed E-state index contributed by atoms with van der Waals surface area (Å²) in [6.45, 7) is 5.98. The molecule has 0 aliphatic carbocycles. The van der Waals surface area contributed by atoms with Gasteiger partial charge in [0, 0.05) is 25.2 Å². The van der Waals surface area contributed by atoms with Gasteiger partial charge in [-0.05, 0) is 49.2 Å². The molecule has 2 aromatic rings. The zero-order chi connectivity index (χ0) is 22.6. The molecule has 5 nitrogen and oxygen atoms in total. The average molecular weight is 435 g/mol. The maximum absolute atomic E-state index is 13.2. The van der Waals surface area contributed by atoms with Crippen molar-refractivity contribution < 1.29 is 22.7 Å². The lowest BCUT2D eigenvalue weighted by molar-refractivity contribution is -0.141. The van der Waals surface area contributed by atoms with Crippen LogP contribution < -0.4 is 10.1 Å². The number of pyridine rings is 1. The number of amides is 1. The topological polar surface area (TPSA) is 54.5 Å². The van der Waals surface area contributed by atoms with Crippen LogP contribution in [0.15, 0.2) is 42.6 Å². The zero-order valence-corrected chi connectivity index (χ0v) is 17.9. The fourth-order valence-corrected chi connectivity index (χ4v) is 4.09. The van der Waals surface area contributed by atoms with Gasteiger partial charge < -0.3 is 15.0 Å². The summed E-state index contributed by atoms with van der Waals surface area (Å²) in [7, 11) is 1.59. The molecular weight excluding hydrogens is 407 g/mol. The van der Waals surface area contributed by atoms with Crippen molar-refractivity contribution in [1.29, 1.82) is 0 Å². The Balaban J connectivity index is 1.78. The molecule has 0 bridgehead atoms. The molecule has 31 heavy (non-hydrogen) atoms. The van der Waals surface area contributed by atoms with Gasteiger partial charge in [-0.1, -0.05) is 25.1 Å². The number of ether oxygens (including phenoxy) is 1. The molecule has 168 valence electrons. The first-order valence-corrected chi connectivity index (χ1v) is 10.4. The van der Waals surface area contributed by atoms with Crippen molar-refractivity contribution in [1.82, 2.24) is 15.2 Å². The third-order valence-electron chi connectivity index (χ3n) is 5.73. The monoisotopic (exact) mass is 435 g/mol. The number of nitrogens with one attached hydrogen (secondary N) is 1. The molecule has 1 fully saturated rings. The highest BCUT2D eigenvalue weighted by Crippen LogP contribution is 2.35. The van der Waals surface area contributed by atoms with E-state index >= 15 is 0 Å². The van der Waals surface area contributed by atoms with Crippen molar-refractivity contribution in [2.45, 2.75) is 38.4 Å². The molecule has 3 rings (SSSR count). The lowest BCUT2D eigenvalue weighted by Crippen LogP contribution is -2.36. The van der Waals surface area contributed by atoms with Crippen LogP contribution in [0.1, 0.15) is 49.0 Å². The van der Waals surface area contributed by atoms with Gasteiger partial charge in [0.25, 0.3) is 0 Å². The number of benzene rings is 1. The number of hydrogen-bond acceptors (Lipinski definition) is 4. The molecule has 1 saturated heterocycles. The van der Waals surface area contributed by atoms with Crippen LogP contribution in [0.25, 0.3) is 0 Å². The predicted octanol–water partition coefficient (Wildman–Crippen LogP) is 4.41. The average Bonchev–Trinajstić information content (AvgIpc) is 3.17. The summed E-state index contributed by atoms with van der Waals surface area (Å²) in [6, 6.07) is 9.71. The van der Waals surface area contributed by atoms with Crippen LogP contribution in [0, 0.1) is 5.92 Å². The molecule has 0 saturated carbocycles. The smallest absolute Gasteiger partial charge is 0.433 e. The SMILES string of the molecule is CCCN1CC(C(=O)NC(C)c2cccc(OC)c2)C(c2ccc(C(F)(F)F)nc2)C1. The van der Waals surface area contributed by atoms with Crippen molar-refractivity contribution in [3.05, 3.63) is 59.4 Å². The van der Waals surface area contributed by atoms with Crippen LogP contribution in [0.4, 0.5) is 13.2 Å². The van der Waals surface area contributed by atoms with Crippen molar-refractivity contribution >= 4 is 5.91 Å². The minimum absolute atomic E-state index is 0.112. The maximum atomic E-state index is 13.2. The van der Waals surface area contributed by atoms with Crippen LogP contribution in [-0.4, -0.2) is 42.5 Å². The van der Waals surface area contributed by atoms with Crippen molar-refractivity contribution in [3.63, 3.8) is 0 Å². The van der Waals surface area contributed by atoms with Crippen LogP contribution in [0.3, 0.4) is 0 Å². The van der Waals surface area contributed by atoms with Gasteiger partial charge in [-0.15, -0.1) is 0 Å². The summed E-state index contributed by atoms with van der Waals surface area (Å²) in [5, 5.41) is 3.07. The number of carbonyl (C=O) groups is 1. The Bertz CT molecular complexity index is 886. The molecule has 0 radical (unpaired) electrons. The van der Waals surface area contributed by atoms with Gasteiger partial charge in [0.2, 0.25) is 5.91 Å². The van der Waals surface area contributed by atoms with E-state index in [2.05, 4.69) is 22.1 Å². The first kappa shape index (κ1) is 23.1. The quantitative estimate of drug-likeness (QED) is 0.700. The Morgan fingerprint density at radius 1 is 1.29 bits per heavy atom. The molecule has 1 aliphatic heterocycles. The molecule has 1 aromatic heterocycles. The van der Waals surface area contributed by atoms with Crippen molar-refractivity contribution in [2.75, 3.05) is 26.7 Å². The maximum Gasteiger partial charge on any atom is 0.433 e. The first-order chi connectivity index (χ1) is 14.7. The van der Waals surface area contributed by atoms with Gasteiger partial charge in [0.15, 0.2) is 0 Å². The van der Waals surface area contributed by atoms with Crippen LogP contribution in [0.5, 0.6) is 5.75 Å². The summed E-state index contributed by atoms with van der Waals surface area (Å²) in [5.74, 6) is 0.0260. The van der Waals surface area contributed by atoms with Gasteiger partial charge in [-0.2, -0.15) is 13.2 Å². The van der Waals surface area contributed by atoms with Crippen LogP contribution in [0.2, 0.25) is 0 Å². The highest BCUT2D eigenvalue weighted by Gasteiger charge is 2.39. The lowest BCUT2D eigenvalue weighted by Gasteiger charge is -2.22.